The van der Waals surface area contributed by atoms with E-state index in [4.69, 9.17) is 0 Å². The van der Waals surface area contributed by atoms with Crippen molar-refractivity contribution < 1.29 is 8.42 Å². The van der Waals surface area contributed by atoms with Gasteiger partial charge in [-0.15, -0.1) is 11.3 Å². The lowest BCUT2D eigenvalue weighted by Gasteiger charge is -2.14. The molecule has 0 saturated heterocycles. The van der Waals surface area contributed by atoms with Gasteiger partial charge in [0.25, 0.3) is 0 Å². The highest BCUT2D eigenvalue weighted by Crippen LogP contribution is 2.26. The van der Waals surface area contributed by atoms with E-state index in [2.05, 4.69) is 10.0 Å². The molecular weight excluding hydrogens is 300 g/mol. The molecule has 0 spiro atoms. The second kappa shape index (κ2) is 7.64. The van der Waals surface area contributed by atoms with Crippen LogP contribution in [0.3, 0.4) is 0 Å². The van der Waals surface area contributed by atoms with E-state index in [1.807, 2.05) is 27.2 Å². The second-order valence-electron chi connectivity index (χ2n) is 4.38. The van der Waals surface area contributed by atoms with Gasteiger partial charge >= 0.3 is 0 Å². The fraction of sp³-hybridized carbons (Fsp3) is 0.667. The zero-order chi connectivity index (χ0) is 14.5. The average molecular weight is 323 g/mol. The number of aryl methyl sites for hydroxylation is 1. The molecule has 0 bridgehead atoms. The van der Waals surface area contributed by atoms with Crippen molar-refractivity contribution >= 4 is 33.1 Å². The molecule has 0 saturated carbocycles. The quantitative estimate of drug-likeness (QED) is 0.770. The van der Waals surface area contributed by atoms with Gasteiger partial charge in [-0.05, 0) is 38.3 Å². The van der Waals surface area contributed by atoms with Crippen LogP contribution in [-0.4, -0.2) is 33.5 Å². The summed E-state index contributed by atoms with van der Waals surface area (Å²) >= 11 is 2.99. The summed E-state index contributed by atoms with van der Waals surface area (Å²) in [6, 6.07) is 1.75. The predicted molar refractivity (Wildman–Crippen MR) is 84.6 cm³/mol. The lowest BCUT2D eigenvalue weighted by Crippen LogP contribution is -2.35. The van der Waals surface area contributed by atoms with Crippen LogP contribution in [0, 0.1) is 6.92 Å². The Morgan fingerprint density at radius 1 is 1.47 bits per heavy atom. The molecule has 4 nitrogen and oxygen atoms in total. The van der Waals surface area contributed by atoms with Gasteiger partial charge < -0.3 is 5.32 Å². The maximum atomic E-state index is 12.3. The highest BCUT2D eigenvalue weighted by atomic mass is 32.2. The van der Waals surface area contributed by atoms with E-state index in [1.54, 1.807) is 17.8 Å². The molecule has 1 atom stereocenters. The van der Waals surface area contributed by atoms with Gasteiger partial charge in [0.2, 0.25) is 10.0 Å². The van der Waals surface area contributed by atoms with E-state index >= 15 is 0 Å². The van der Waals surface area contributed by atoms with Gasteiger partial charge in [0.15, 0.2) is 0 Å². The smallest absolute Gasteiger partial charge is 0.250 e. The first-order valence-electron chi connectivity index (χ1n) is 6.19. The minimum Gasteiger partial charge on any atom is -0.315 e. The molecule has 1 rings (SSSR count). The average Bonchev–Trinajstić information content (AvgIpc) is 2.72. The van der Waals surface area contributed by atoms with E-state index in [0.29, 0.717) is 10.8 Å². The van der Waals surface area contributed by atoms with Crippen molar-refractivity contribution in [2.24, 2.45) is 0 Å². The normalized spacial score (nSPS) is 13.7. The number of thioether (sulfide) groups is 1. The minimum atomic E-state index is -3.39. The monoisotopic (exact) mass is 322 g/mol. The third kappa shape index (κ3) is 4.75. The van der Waals surface area contributed by atoms with Crippen LogP contribution in [0.15, 0.2) is 10.3 Å². The first-order valence-corrected chi connectivity index (χ1v) is 9.89. The van der Waals surface area contributed by atoms with Gasteiger partial charge in [-0.2, -0.15) is 11.8 Å². The molecule has 0 fully saturated rings. The third-order valence-corrected chi connectivity index (χ3v) is 6.75. The highest BCUT2D eigenvalue weighted by molar-refractivity contribution is 7.98. The molecular formula is C12H22N2O2S3. The van der Waals surface area contributed by atoms with Crippen LogP contribution < -0.4 is 10.0 Å². The lowest BCUT2D eigenvalue weighted by atomic mass is 10.3. The van der Waals surface area contributed by atoms with Crippen LogP contribution in [-0.2, 0) is 16.6 Å². The lowest BCUT2D eigenvalue weighted by molar-refractivity contribution is 0.560. The first-order chi connectivity index (χ1) is 8.94. The fourth-order valence-electron chi connectivity index (χ4n) is 1.67. The Balaban J connectivity index is 2.90. The molecule has 19 heavy (non-hydrogen) atoms. The maximum absolute atomic E-state index is 12.3. The SMILES string of the molecule is CCC(CSC)NS(=O)(=O)c1cc(C)c(CNC)s1. The van der Waals surface area contributed by atoms with Crippen LogP contribution in [0.1, 0.15) is 23.8 Å². The zero-order valence-corrected chi connectivity index (χ0v) is 14.3. The van der Waals surface area contributed by atoms with Crippen molar-refractivity contribution in [1.82, 2.24) is 10.0 Å². The van der Waals surface area contributed by atoms with Crippen molar-refractivity contribution in [3.8, 4) is 0 Å². The molecule has 0 aromatic carbocycles. The summed E-state index contributed by atoms with van der Waals surface area (Å²) in [6.07, 6.45) is 2.78. The molecule has 1 aromatic rings. The van der Waals surface area contributed by atoms with E-state index in [-0.39, 0.29) is 6.04 Å². The number of sulfonamides is 1. The van der Waals surface area contributed by atoms with Crippen molar-refractivity contribution in [1.29, 1.82) is 0 Å². The topological polar surface area (TPSA) is 58.2 Å². The van der Waals surface area contributed by atoms with Crippen molar-refractivity contribution in [3.63, 3.8) is 0 Å². The third-order valence-electron chi connectivity index (χ3n) is 2.78. The Hall–Kier alpha value is -0.0800. The number of thiophene rings is 1. The van der Waals surface area contributed by atoms with Crippen molar-refractivity contribution in [2.45, 2.75) is 37.1 Å². The summed E-state index contributed by atoms with van der Waals surface area (Å²) in [4.78, 5) is 1.07. The summed E-state index contributed by atoms with van der Waals surface area (Å²) in [5.74, 6) is 0.795. The van der Waals surface area contributed by atoms with Crippen LogP contribution >= 0.6 is 23.1 Å². The summed E-state index contributed by atoms with van der Waals surface area (Å²) < 4.78 is 27.8. The zero-order valence-electron chi connectivity index (χ0n) is 11.8. The van der Waals surface area contributed by atoms with Gasteiger partial charge in [0, 0.05) is 23.2 Å². The van der Waals surface area contributed by atoms with Crippen LogP contribution in [0.5, 0.6) is 0 Å². The van der Waals surface area contributed by atoms with E-state index in [9.17, 15) is 8.42 Å². The van der Waals surface area contributed by atoms with E-state index in [0.717, 1.165) is 22.6 Å². The Morgan fingerprint density at radius 3 is 2.68 bits per heavy atom. The Kier molecular flexibility index (Phi) is 6.82. The van der Waals surface area contributed by atoms with Crippen LogP contribution in [0.4, 0.5) is 0 Å². The largest absolute Gasteiger partial charge is 0.315 e. The summed E-state index contributed by atoms with van der Waals surface area (Å²) in [5.41, 5.74) is 1.03. The fourth-order valence-corrected chi connectivity index (χ4v) is 5.43. The standard InChI is InChI=1S/C12H22N2O2S3/c1-5-10(8-17-4)14-19(15,16)12-6-9(2)11(18-12)7-13-3/h6,10,13-14H,5,7-8H2,1-4H3. The van der Waals surface area contributed by atoms with E-state index in [1.165, 1.54) is 11.3 Å². The second-order valence-corrected chi connectivity index (χ2v) is 8.37. The number of rotatable bonds is 8. The Morgan fingerprint density at radius 2 is 2.16 bits per heavy atom. The molecule has 1 aromatic heterocycles. The van der Waals surface area contributed by atoms with Gasteiger partial charge in [-0.3, -0.25) is 0 Å². The van der Waals surface area contributed by atoms with Crippen LogP contribution in [0.2, 0.25) is 0 Å². The molecule has 7 heteroatoms. The number of nitrogens with one attached hydrogen (secondary N) is 2. The summed E-state index contributed by atoms with van der Waals surface area (Å²) in [5, 5.41) is 3.05. The molecule has 0 aliphatic carbocycles. The van der Waals surface area contributed by atoms with Gasteiger partial charge in [-0.1, -0.05) is 6.92 Å². The number of hydrogen-bond acceptors (Lipinski definition) is 5. The molecule has 2 N–H and O–H groups in total. The van der Waals surface area contributed by atoms with Gasteiger partial charge in [-0.25, -0.2) is 13.1 Å². The molecule has 0 amide bonds. The molecule has 0 radical (unpaired) electrons. The maximum Gasteiger partial charge on any atom is 0.250 e. The Bertz CT molecular complexity index is 497. The van der Waals surface area contributed by atoms with Crippen molar-refractivity contribution in [2.75, 3.05) is 19.1 Å². The van der Waals surface area contributed by atoms with Gasteiger partial charge in [0.05, 0.1) is 0 Å². The van der Waals surface area contributed by atoms with Crippen LogP contribution in [0.25, 0.3) is 0 Å². The first kappa shape index (κ1) is 17.0. The molecule has 1 heterocycles. The number of hydrogen-bond donors (Lipinski definition) is 2. The highest BCUT2D eigenvalue weighted by Gasteiger charge is 2.21. The molecule has 0 aliphatic heterocycles. The van der Waals surface area contributed by atoms with E-state index < -0.39 is 10.0 Å². The summed E-state index contributed by atoms with van der Waals surface area (Å²) in [7, 11) is -1.53. The molecule has 110 valence electrons. The molecule has 1 unspecified atom stereocenters. The predicted octanol–water partition coefficient (Wildman–Crippen LogP) is 2.20. The molecule has 0 aliphatic rings. The Labute approximate surface area is 124 Å². The van der Waals surface area contributed by atoms with Gasteiger partial charge in [0.1, 0.15) is 4.21 Å². The minimum absolute atomic E-state index is 0.00448. The van der Waals surface area contributed by atoms with Crippen molar-refractivity contribution in [3.05, 3.63) is 16.5 Å². The summed E-state index contributed by atoms with van der Waals surface area (Å²) in [6.45, 7) is 4.64.